The Morgan fingerprint density at radius 1 is 1.62 bits per heavy atom. The van der Waals surface area contributed by atoms with Crippen molar-refractivity contribution in [1.82, 2.24) is 5.32 Å². The summed E-state index contributed by atoms with van der Waals surface area (Å²) in [4.78, 5) is 11.2. The Morgan fingerprint density at radius 3 is 2.77 bits per heavy atom. The zero-order valence-electron chi connectivity index (χ0n) is 7.79. The Bertz CT molecular complexity index is 229. The number of carbonyl (C=O) groups excluding carboxylic acids is 1. The predicted octanol–water partition coefficient (Wildman–Crippen LogP) is 0.783. The lowest BCUT2D eigenvalue weighted by Crippen LogP contribution is -2.27. The van der Waals surface area contributed by atoms with Crippen LogP contribution < -0.4 is 5.32 Å². The van der Waals surface area contributed by atoms with Gasteiger partial charge in [0.2, 0.25) is 0 Å². The zero-order valence-corrected chi connectivity index (χ0v) is 7.79. The largest absolute Gasteiger partial charge is 0.395 e. The molecule has 0 fully saturated rings. The van der Waals surface area contributed by atoms with Crippen molar-refractivity contribution in [2.45, 2.75) is 6.92 Å². The molecule has 0 saturated carbocycles. The number of rotatable bonds is 5. The Labute approximate surface area is 78.5 Å². The molecule has 0 rings (SSSR count). The Balaban J connectivity index is 4.23. The molecule has 0 bridgehead atoms. The van der Waals surface area contributed by atoms with E-state index in [0.717, 1.165) is 0 Å². The maximum Gasteiger partial charge on any atom is 0.251 e. The number of allylic oxidation sites excluding steroid dienone is 3. The van der Waals surface area contributed by atoms with E-state index in [2.05, 4.69) is 11.9 Å². The number of hydrogen-bond acceptors (Lipinski definition) is 2. The molecule has 0 aromatic rings. The van der Waals surface area contributed by atoms with Crippen molar-refractivity contribution < 1.29 is 9.90 Å². The molecule has 72 valence electrons. The van der Waals surface area contributed by atoms with Crippen molar-refractivity contribution in [3.8, 4) is 0 Å². The highest BCUT2D eigenvalue weighted by Gasteiger charge is 2.02. The standard InChI is InChI=1S/C10H15NO2/c1-3-5-6-9(4-2)10(13)11-7-8-12/h3-6,12H,2,7-8H2,1H3,(H,11,13)/b5-3-,9-6+. The number of nitrogens with one attached hydrogen (secondary N) is 1. The van der Waals surface area contributed by atoms with E-state index in [0.29, 0.717) is 5.57 Å². The molecule has 0 heterocycles. The van der Waals surface area contributed by atoms with Gasteiger partial charge in [-0.25, -0.2) is 0 Å². The van der Waals surface area contributed by atoms with Crippen LogP contribution in [0.1, 0.15) is 6.92 Å². The number of amides is 1. The average Bonchev–Trinajstić information content (AvgIpc) is 2.16. The van der Waals surface area contributed by atoms with Gasteiger partial charge in [-0.1, -0.05) is 24.8 Å². The fraction of sp³-hybridized carbons (Fsp3) is 0.300. The van der Waals surface area contributed by atoms with Crippen LogP contribution in [0.25, 0.3) is 0 Å². The van der Waals surface area contributed by atoms with Crippen LogP contribution in [0.2, 0.25) is 0 Å². The number of aliphatic hydroxyl groups is 1. The molecule has 0 aliphatic heterocycles. The molecule has 0 aliphatic carbocycles. The molecular weight excluding hydrogens is 166 g/mol. The van der Waals surface area contributed by atoms with Crippen LogP contribution in [-0.2, 0) is 4.79 Å². The molecule has 3 heteroatoms. The molecule has 0 saturated heterocycles. The Morgan fingerprint density at radius 2 is 2.31 bits per heavy atom. The molecule has 0 aromatic heterocycles. The molecule has 0 aromatic carbocycles. The van der Waals surface area contributed by atoms with Gasteiger partial charge in [-0.2, -0.15) is 0 Å². The lowest BCUT2D eigenvalue weighted by molar-refractivity contribution is -0.117. The quantitative estimate of drug-likeness (QED) is 0.486. The predicted molar refractivity (Wildman–Crippen MR) is 53.2 cm³/mol. The van der Waals surface area contributed by atoms with E-state index in [-0.39, 0.29) is 19.1 Å². The Hall–Kier alpha value is -1.35. The molecule has 0 spiro atoms. The molecule has 0 atom stereocenters. The van der Waals surface area contributed by atoms with Gasteiger partial charge in [0.15, 0.2) is 0 Å². The summed E-state index contributed by atoms with van der Waals surface area (Å²) < 4.78 is 0. The number of carbonyl (C=O) groups is 1. The fourth-order valence-electron chi connectivity index (χ4n) is 0.708. The summed E-state index contributed by atoms with van der Waals surface area (Å²) in [6, 6.07) is 0. The second-order valence-electron chi connectivity index (χ2n) is 2.33. The topological polar surface area (TPSA) is 49.3 Å². The summed E-state index contributed by atoms with van der Waals surface area (Å²) in [7, 11) is 0. The van der Waals surface area contributed by atoms with Crippen LogP contribution in [0.4, 0.5) is 0 Å². The molecule has 2 N–H and O–H groups in total. The van der Waals surface area contributed by atoms with Crippen LogP contribution >= 0.6 is 0 Å². The lowest BCUT2D eigenvalue weighted by atomic mass is 10.2. The maximum absolute atomic E-state index is 11.2. The smallest absolute Gasteiger partial charge is 0.251 e. The summed E-state index contributed by atoms with van der Waals surface area (Å²) in [5.74, 6) is -0.220. The van der Waals surface area contributed by atoms with Gasteiger partial charge in [0, 0.05) is 12.1 Å². The van der Waals surface area contributed by atoms with Gasteiger partial charge in [-0.15, -0.1) is 0 Å². The van der Waals surface area contributed by atoms with Gasteiger partial charge in [0.1, 0.15) is 0 Å². The van der Waals surface area contributed by atoms with Gasteiger partial charge in [0.05, 0.1) is 6.61 Å². The molecular formula is C10H15NO2. The second-order valence-corrected chi connectivity index (χ2v) is 2.33. The molecule has 3 nitrogen and oxygen atoms in total. The lowest BCUT2D eigenvalue weighted by Gasteiger charge is -2.02. The first-order valence-electron chi connectivity index (χ1n) is 4.10. The van der Waals surface area contributed by atoms with Crippen LogP contribution in [0.5, 0.6) is 0 Å². The first-order valence-corrected chi connectivity index (χ1v) is 4.10. The van der Waals surface area contributed by atoms with E-state index >= 15 is 0 Å². The van der Waals surface area contributed by atoms with E-state index in [1.54, 1.807) is 12.2 Å². The number of aliphatic hydroxyl groups excluding tert-OH is 1. The highest BCUT2D eigenvalue weighted by molar-refractivity contribution is 5.96. The van der Waals surface area contributed by atoms with Crippen molar-refractivity contribution in [2.24, 2.45) is 0 Å². The SMILES string of the molecule is C=C/C(=C\C=C/C)C(=O)NCCO. The highest BCUT2D eigenvalue weighted by Crippen LogP contribution is 1.95. The minimum absolute atomic E-state index is 0.0558. The average molecular weight is 181 g/mol. The van der Waals surface area contributed by atoms with Gasteiger partial charge in [0.25, 0.3) is 5.91 Å². The van der Waals surface area contributed by atoms with Crippen molar-refractivity contribution >= 4 is 5.91 Å². The molecule has 1 amide bonds. The number of hydrogen-bond donors (Lipinski definition) is 2. The fourth-order valence-corrected chi connectivity index (χ4v) is 0.708. The van der Waals surface area contributed by atoms with E-state index in [1.165, 1.54) is 6.08 Å². The van der Waals surface area contributed by atoms with Gasteiger partial charge in [-0.05, 0) is 13.0 Å². The van der Waals surface area contributed by atoms with Crippen LogP contribution in [0, 0.1) is 0 Å². The van der Waals surface area contributed by atoms with Crippen molar-refractivity contribution in [2.75, 3.05) is 13.2 Å². The van der Waals surface area contributed by atoms with E-state index in [9.17, 15) is 4.79 Å². The Kier molecular flexibility index (Phi) is 6.55. The normalized spacial score (nSPS) is 11.7. The third-order valence-corrected chi connectivity index (χ3v) is 1.35. The van der Waals surface area contributed by atoms with E-state index < -0.39 is 0 Å². The van der Waals surface area contributed by atoms with Gasteiger partial charge >= 0.3 is 0 Å². The molecule has 13 heavy (non-hydrogen) atoms. The second kappa shape index (κ2) is 7.31. The van der Waals surface area contributed by atoms with Crippen molar-refractivity contribution in [3.05, 3.63) is 36.5 Å². The molecule has 0 radical (unpaired) electrons. The zero-order chi connectivity index (χ0) is 10.1. The monoisotopic (exact) mass is 181 g/mol. The maximum atomic E-state index is 11.2. The third kappa shape index (κ3) is 4.98. The summed E-state index contributed by atoms with van der Waals surface area (Å²) in [6.45, 7) is 5.59. The van der Waals surface area contributed by atoms with E-state index in [4.69, 9.17) is 5.11 Å². The minimum atomic E-state index is -0.220. The molecule has 0 unspecified atom stereocenters. The van der Waals surface area contributed by atoms with Gasteiger partial charge in [-0.3, -0.25) is 4.79 Å². The summed E-state index contributed by atoms with van der Waals surface area (Å²) >= 11 is 0. The van der Waals surface area contributed by atoms with Crippen LogP contribution in [0.15, 0.2) is 36.5 Å². The van der Waals surface area contributed by atoms with Crippen LogP contribution in [-0.4, -0.2) is 24.2 Å². The van der Waals surface area contributed by atoms with Crippen molar-refractivity contribution in [3.63, 3.8) is 0 Å². The third-order valence-electron chi connectivity index (χ3n) is 1.35. The van der Waals surface area contributed by atoms with Gasteiger partial charge < -0.3 is 10.4 Å². The summed E-state index contributed by atoms with van der Waals surface area (Å²) in [5, 5.41) is 11.0. The van der Waals surface area contributed by atoms with Crippen molar-refractivity contribution in [1.29, 1.82) is 0 Å². The first kappa shape index (κ1) is 11.6. The summed E-state index contributed by atoms with van der Waals surface area (Å²) in [5.41, 5.74) is 0.492. The summed E-state index contributed by atoms with van der Waals surface area (Å²) in [6.07, 6.45) is 6.73. The molecule has 0 aliphatic rings. The minimum Gasteiger partial charge on any atom is -0.395 e. The van der Waals surface area contributed by atoms with E-state index in [1.807, 2.05) is 13.0 Å². The first-order chi connectivity index (χ1) is 6.26. The van der Waals surface area contributed by atoms with Crippen LogP contribution in [0.3, 0.4) is 0 Å². The highest BCUT2D eigenvalue weighted by atomic mass is 16.3.